The number of hydrogen-bond acceptors (Lipinski definition) is 4. The van der Waals surface area contributed by atoms with Gasteiger partial charge in [-0.2, -0.15) is 0 Å². The van der Waals surface area contributed by atoms with Crippen molar-refractivity contribution >= 4 is 0 Å². The van der Waals surface area contributed by atoms with Crippen LogP contribution in [-0.4, -0.2) is 15.1 Å². The molecule has 0 fully saturated rings. The van der Waals surface area contributed by atoms with Crippen LogP contribution in [0.5, 0.6) is 5.75 Å². The van der Waals surface area contributed by atoms with Crippen molar-refractivity contribution in [1.29, 1.82) is 0 Å². The summed E-state index contributed by atoms with van der Waals surface area (Å²) < 4.78 is 0. The van der Waals surface area contributed by atoms with Crippen molar-refractivity contribution in [3.63, 3.8) is 0 Å². The molecule has 4 heteroatoms. The molecule has 0 atom stereocenters. The molecule has 0 unspecified atom stereocenters. The lowest BCUT2D eigenvalue weighted by Gasteiger charge is -2.02. The Balaban J connectivity index is 2.44. The number of phenolic OH excluding ortho intramolecular Hbond substituents is 1. The van der Waals surface area contributed by atoms with Gasteiger partial charge in [-0.25, -0.2) is 9.97 Å². The summed E-state index contributed by atoms with van der Waals surface area (Å²) in [4.78, 5) is 8.38. The highest BCUT2D eigenvalue weighted by Gasteiger charge is 2.02. The first-order chi connectivity index (χ1) is 7.29. The highest BCUT2D eigenvalue weighted by atomic mass is 16.3. The van der Waals surface area contributed by atoms with Crippen LogP contribution in [0.15, 0.2) is 36.5 Å². The summed E-state index contributed by atoms with van der Waals surface area (Å²) in [5.41, 5.74) is 7.05. The highest BCUT2D eigenvalue weighted by Crippen LogP contribution is 2.19. The standard InChI is InChI=1S/C11H11N3O/c12-7-9-4-5-13-11(14-9)8-2-1-3-10(15)6-8/h1-6,15H,7,12H2. The monoisotopic (exact) mass is 201 g/mol. The Kier molecular flexibility index (Phi) is 2.60. The van der Waals surface area contributed by atoms with E-state index in [-0.39, 0.29) is 5.75 Å². The van der Waals surface area contributed by atoms with E-state index >= 15 is 0 Å². The second-order valence-electron chi connectivity index (χ2n) is 3.13. The van der Waals surface area contributed by atoms with Gasteiger partial charge in [-0.05, 0) is 18.2 Å². The van der Waals surface area contributed by atoms with Gasteiger partial charge >= 0.3 is 0 Å². The molecule has 3 N–H and O–H groups in total. The van der Waals surface area contributed by atoms with Crippen molar-refractivity contribution in [2.45, 2.75) is 6.54 Å². The molecule has 15 heavy (non-hydrogen) atoms. The normalized spacial score (nSPS) is 10.2. The summed E-state index contributed by atoms with van der Waals surface area (Å²) in [7, 11) is 0. The van der Waals surface area contributed by atoms with E-state index in [0.29, 0.717) is 12.4 Å². The SMILES string of the molecule is NCc1ccnc(-c2cccc(O)c2)n1. The molecule has 0 aliphatic heterocycles. The third kappa shape index (κ3) is 2.11. The van der Waals surface area contributed by atoms with Gasteiger partial charge in [0.2, 0.25) is 0 Å². The Morgan fingerprint density at radius 1 is 1.27 bits per heavy atom. The molecule has 0 saturated carbocycles. The predicted molar refractivity (Wildman–Crippen MR) is 57.0 cm³/mol. The first-order valence-electron chi connectivity index (χ1n) is 4.61. The molecule has 4 nitrogen and oxygen atoms in total. The molecule has 0 amide bonds. The molecule has 0 aliphatic rings. The van der Waals surface area contributed by atoms with Crippen molar-refractivity contribution in [3.8, 4) is 17.1 Å². The number of nitrogens with two attached hydrogens (primary N) is 1. The average molecular weight is 201 g/mol. The van der Waals surface area contributed by atoms with E-state index in [0.717, 1.165) is 11.3 Å². The first-order valence-corrected chi connectivity index (χ1v) is 4.61. The van der Waals surface area contributed by atoms with Crippen LogP contribution in [0.4, 0.5) is 0 Å². The third-order valence-electron chi connectivity index (χ3n) is 2.03. The Hall–Kier alpha value is -1.94. The van der Waals surface area contributed by atoms with Crippen LogP contribution >= 0.6 is 0 Å². The zero-order chi connectivity index (χ0) is 10.7. The van der Waals surface area contributed by atoms with Crippen molar-refractivity contribution in [2.75, 3.05) is 0 Å². The number of benzene rings is 1. The van der Waals surface area contributed by atoms with Crippen LogP contribution in [0.25, 0.3) is 11.4 Å². The third-order valence-corrected chi connectivity index (χ3v) is 2.03. The summed E-state index contributed by atoms with van der Waals surface area (Å²) in [6, 6.07) is 8.59. The minimum atomic E-state index is 0.203. The molecule has 76 valence electrons. The minimum absolute atomic E-state index is 0.203. The zero-order valence-electron chi connectivity index (χ0n) is 8.09. The number of phenols is 1. The predicted octanol–water partition coefficient (Wildman–Crippen LogP) is 1.31. The molecule has 1 heterocycles. The number of rotatable bonds is 2. The van der Waals surface area contributed by atoms with Gasteiger partial charge < -0.3 is 10.8 Å². The molecule has 2 rings (SSSR count). The first kappa shape index (κ1) is 9.61. The molecule has 2 aromatic rings. The topological polar surface area (TPSA) is 72.0 Å². The van der Waals surface area contributed by atoms with Crippen LogP contribution in [-0.2, 0) is 6.54 Å². The summed E-state index contributed by atoms with van der Waals surface area (Å²) in [6.07, 6.45) is 1.66. The van der Waals surface area contributed by atoms with Gasteiger partial charge in [-0.15, -0.1) is 0 Å². The number of hydrogen-bond donors (Lipinski definition) is 2. The van der Waals surface area contributed by atoms with Gasteiger partial charge in [0.15, 0.2) is 5.82 Å². The summed E-state index contributed by atoms with van der Waals surface area (Å²) in [5, 5.41) is 9.32. The van der Waals surface area contributed by atoms with Gasteiger partial charge in [0.1, 0.15) is 5.75 Å². The number of nitrogens with zero attached hydrogens (tertiary/aromatic N) is 2. The van der Waals surface area contributed by atoms with Crippen molar-refractivity contribution in [3.05, 3.63) is 42.2 Å². The van der Waals surface area contributed by atoms with E-state index in [1.165, 1.54) is 0 Å². The molecular weight excluding hydrogens is 190 g/mol. The number of aromatic hydroxyl groups is 1. The van der Waals surface area contributed by atoms with Gasteiger partial charge in [0.05, 0.1) is 5.69 Å². The van der Waals surface area contributed by atoms with Crippen molar-refractivity contribution in [1.82, 2.24) is 9.97 Å². The zero-order valence-corrected chi connectivity index (χ0v) is 8.09. The highest BCUT2D eigenvalue weighted by molar-refractivity contribution is 5.57. The van der Waals surface area contributed by atoms with Gasteiger partial charge in [-0.3, -0.25) is 0 Å². The van der Waals surface area contributed by atoms with E-state index in [2.05, 4.69) is 9.97 Å². The lowest BCUT2D eigenvalue weighted by Crippen LogP contribution is -2.01. The van der Waals surface area contributed by atoms with E-state index < -0.39 is 0 Å². The molecule has 1 aromatic heterocycles. The Morgan fingerprint density at radius 2 is 2.13 bits per heavy atom. The molecule has 0 radical (unpaired) electrons. The molecular formula is C11H11N3O. The molecule has 0 saturated heterocycles. The lowest BCUT2D eigenvalue weighted by atomic mass is 10.2. The van der Waals surface area contributed by atoms with Crippen LogP contribution in [0.2, 0.25) is 0 Å². The maximum Gasteiger partial charge on any atom is 0.159 e. The summed E-state index contributed by atoms with van der Waals surface area (Å²) >= 11 is 0. The Labute approximate surface area is 87.4 Å². The molecule has 0 bridgehead atoms. The second kappa shape index (κ2) is 4.06. The van der Waals surface area contributed by atoms with Crippen LogP contribution in [0.1, 0.15) is 5.69 Å². The van der Waals surface area contributed by atoms with Crippen LogP contribution in [0, 0.1) is 0 Å². The quantitative estimate of drug-likeness (QED) is 0.768. The van der Waals surface area contributed by atoms with Crippen LogP contribution in [0.3, 0.4) is 0 Å². The fourth-order valence-corrected chi connectivity index (χ4v) is 1.29. The average Bonchev–Trinajstić information content (AvgIpc) is 2.29. The fourth-order valence-electron chi connectivity index (χ4n) is 1.29. The summed E-state index contributed by atoms with van der Waals surface area (Å²) in [6.45, 7) is 0.383. The van der Waals surface area contributed by atoms with Crippen molar-refractivity contribution in [2.24, 2.45) is 5.73 Å². The second-order valence-corrected chi connectivity index (χ2v) is 3.13. The maximum atomic E-state index is 9.32. The molecule has 0 aliphatic carbocycles. The Morgan fingerprint density at radius 3 is 2.87 bits per heavy atom. The van der Waals surface area contributed by atoms with Gasteiger partial charge in [0, 0.05) is 18.3 Å². The van der Waals surface area contributed by atoms with Crippen molar-refractivity contribution < 1.29 is 5.11 Å². The molecule has 0 spiro atoms. The van der Waals surface area contributed by atoms with Crippen LogP contribution < -0.4 is 5.73 Å². The van der Waals surface area contributed by atoms with E-state index in [9.17, 15) is 5.11 Å². The van der Waals surface area contributed by atoms with E-state index in [1.807, 2.05) is 6.07 Å². The fraction of sp³-hybridized carbons (Fsp3) is 0.0909. The number of aromatic nitrogens is 2. The Bertz CT molecular complexity index is 471. The largest absolute Gasteiger partial charge is 0.508 e. The molecule has 1 aromatic carbocycles. The lowest BCUT2D eigenvalue weighted by molar-refractivity contribution is 0.475. The van der Waals surface area contributed by atoms with E-state index in [4.69, 9.17) is 5.73 Å². The van der Waals surface area contributed by atoms with Gasteiger partial charge in [-0.1, -0.05) is 12.1 Å². The maximum absolute atomic E-state index is 9.32. The summed E-state index contributed by atoms with van der Waals surface area (Å²) in [5.74, 6) is 0.781. The smallest absolute Gasteiger partial charge is 0.159 e. The van der Waals surface area contributed by atoms with E-state index in [1.54, 1.807) is 30.5 Å². The minimum Gasteiger partial charge on any atom is -0.508 e. The van der Waals surface area contributed by atoms with Gasteiger partial charge in [0.25, 0.3) is 0 Å².